The van der Waals surface area contributed by atoms with Gasteiger partial charge in [0.05, 0.1) is 12.1 Å². The number of hydrogen-bond donors (Lipinski definition) is 1. The van der Waals surface area contributed by atoms with Crippen LogP contribution in [0.1, 0.15) is 39.9 Å². The fourth-order valence-electron chi connectivity index (χ4n) is 5.78. The third-order valence-electron chi connectivity index (χ3n) is 8.06. The van der Waals surface area contributed by atoms with Crippen molar-refractivity contribution in [3.05, 3.63) is 173 Å². The van der Waals surface area contributed by atoms with Gasteiger partial charge in [0.25, 0.3) is 0 Å². The molecule has 1 atom stereocenters. The van der Waals surface area contributed by atoms with E-state index in [1.54, 1.807) is 0 Å². The third-order valence-corrected chi connectivity index (χ3v) is 8.06. The Labute approximate surface area is 254 Å². The van der Waals surface area contributed by atoms with Crippen LogP contribution in [0.4, 0.5) is 4.79 Å². The average Bonchev–Trinajstić information content (AvgIpc) is 3.09. The first-order chi connectivity index (χ1) is 21.2. The molecule has 216 valence electrons. The zero-order valence-corrected chi connectivity index (χ0v) is 24.3. The second-order valence-electron chi connectivity index (χ2n) is 10.9. The summed E-state index contributed by atoms with van der Waals surface area (Å²) in [6.07, 6.45) is 0. The molecule has 5 heteroatoms. The van der Waals surface area contributed by atoms with Crippen molar-refractivity contribution in [3.63, 3.8) is 0 Å². The molecule has 1 fully saturated rings. The van der Waals surface area contributed by atoms with E-state index in [0.717, 1.165) is 35.5 Å². The van der Waals surface area contributed by atoms with Gasteiger partial charge in [-0.2, -0.15) is 0 Å². The summed E-state index contributed by atoms with van der Waals surface area (Å²) < 4.78 is 6.05. The van der Waals surface area contributed by atoms with Crippen LogP contribution >= 0.6 is 0 Å². The molecule has 1 N–H and O–H groups in total. The van der Waals surface area contributed by atoms with Crippen molar-refractivity contribution in [1.29, 1.82) is 0 Å². The topological polar surface area (TPSA) is 44.8 Å². The van der Waals surface area contributed by atoms with E-state index < -0.39 is 0 Å². The van der Waals surface area contributed by atoms with E-state index in [2.05, 4.69) is 101 Å². The van der Waals surface area contributed by atoms with Gasteiger partial charge in [-0.1, -0.05) is 133 Å². The van der Waals surface area contributed by atoms with E-state index in [1.165, 1.54) is 11.1 Å². The van der Waals surface area contributed by atoms with Gasteiger partial charge in [0.15, 0.2) is 0 Å². The van der Waals surface area contributed by atoms with Crippen LogP contribution in [-0.4, -0.2) is 42.0 Å². The first-order valence-corrected chi connectivity index (χ1v) is 15.0. The standard InChI is InChI=1S/C38H37N3O2/c42-38(39-36(31-15-7-2-8-16-31)32-17-9-3-10-18-32)41-27-25-40(26-28-41)37(33-19-11-4-12-20-33)34-21-23-35(24-22-34)43-29-30-13-5-1-6-14-30/h1-24,36-37H,25-29H2,(H,39,42). The summed E-state index contributed by atoms with van der Waals surface area (Å²) in [5.74, 6) is 0.854. The predicted octanol–water partition coefficient (Wildman–Crippen LogP) is 7.47. The molecular weight excluding hydrogens is 530 g/mol. The van der Waals surface area contributed by atoms with Gasteiger partial charge in [0.2, 0.25) is 0 Å². The molecule has 1 aliphatic heterocycles. The highest BCUT2D eigenvalue weighted by Gasteiger charge is 2.29. The van der Waals surface area contributed by atoms with Crippen molar-refractivity contribution < 1.29 is 9.53 Å². The Bertz CT molecular complexity index is 1510. The lowest BCUT2D eigenvalue weighted by molar-refractivity contribution is 0.119. The molecule has 1 saturated heterocycles. The molecule has 1 unspecified atom stereocenters. The highest BCUT2D eigenvalue weighted by atomic mass is 16.5. The molecule has 2 amide bonds. The van der Waals surface area contributed by atoms with Crippen molar-refractivity contribution in [2.75, 3.05) is 26.2 Å². The van der Waals surface area contributed by atoms with Crippen molar-refractivity contribution >= 4 is 6.03 Å². The summed E-state index contributed by atoms with van der Waals surface area (Å²) in [7, 11) is 0. The van der Waals surface area contributed by atoms with Gasteiger partial charge in [-0.3, -0.25) is 4.90 Å². The highest BCUT2D eigenvalue weighted by Crippen LogP contribution is 2.31. The van der Waals surface area contributed by atoms with Crippen LogP contribution in [0.2, 0.25) is 0 Å². The van der Waals surface area contributed by atoms with E-state index >= 15 is 0 Å². The van der Waals surface area contributed by atoms with Crippen LogP contribution in [0.5, 0.6) is 5.75 Å². The van der Waals surface area contributed by atoms with E-state index in [4.69, 9.17) is 4.74 Å². The lowest BCUT2D eigenvalue weighted by Crippen LogP contribution is -2.53. The molecule has 5 aromatic carbocycles. The Kier molecular flexibility index (Phi) is 9.11. The molecule has 5 aromatic rings. The van der Waals surface area contributed by atoms with Crippen LogP contribution in [0, 0.1) is 0 Å². The van der Waals surface area contributed by atoms with Crippen LogP contribution in [-0.2, 0) is 6.61 Å². The van der Waals surface area contributed by atoms with E-state index in [0.29, 0.717) is 19.7 Å². The number of carbonyl (C=O) groups is 1. The molecule has 1 aliphatic rings. The number of benzene rings is 5. The lowest BCUT2D eigenvalue weighted by atomic mass is 9.96. The number of nitrogens with zero attached hydrogens (tertiary/aromatic N) is 2. The minimum absolute atomic E-state index is 0.0338. The van der Waals surface area contributed by atoms with Crippen LogP contribution < -0.4 is 10.1 Å². The van der Waals surface area contributed by atoms with Crippen molar-refractivity contribution in [3.8, 4) is 5.75 Å². The van der Waals surface area contributed by atoms with E-state index in [1.807, 2.05) is 59.5 Å². The number of rotatable bonds is 9. The summed E-state index contributed by atoms with van der Waals surface area (Å²) in [6, 6.07) is 49.5. The quantitative estimate of drug-likeness (QED) is 0.201. The summed E-state index contributed by atoms with van der Waals surface area (Å²) in [5.41, 5.74) is 5.74. The number of carbonyl (C=O) groups excluding carboxylic acids is 1. The second-order valence-corrected chi connectivity index (χ2v) is 10.9. The average molecular weight is 568 g/mol. The molecule has 0 radical (unpaired) electrons. The summed E-state index contributed by atoms with van der Waals surface area (Å²) in [4.78, 5) is 18.0. The Morgan fingerprint density at radius 3 is 1.58 bits per heavy atom. The number of amides is 2. The maximum absolute atomic E-state index is 13.6. The van der Waals surface area contributed by atoms with Gasteiger partial charge in [-0.15, -0.1) is 0 Å². The largest absolute Gasteiger partial charge is 0.489 e. The van der Waals surface area contributed by atoms with Crippen molar-refractivity contribution in [1.82, 2.24) is 15.1 Å². The normalized spacial score (nSPS) is 14.3. The molecule has 0 bridgehead atoms. The minimum Gasteiger partial charge on any atom is -0.489 e. The Balaban J connectivity index is 1.13. The number of urea groups is 1. The summed E-state index contributed by atoms with van der Waals surface area (Å²) in [6.45, 7) is 3.41. The lowest BCUT2D eigenvalue weighted by Gasteiger charge is -2.40. The van der Waals surface area contributed by atoms with Gasteiger partial charge in [0.1, 0.15) is 12.4 Å². The number of piperazine rings is 1. The first-order valence-electron chi connectivity index (χ1n) is 15.0. The summed E-state index contributed by atoms with van der Waals surface area (Å²) in [5, 5.41) is 3.31. The van der Waals surface area contributed by atoms with Gasteiger partial charge in [-0.05, 0) is 39.9 Å². The fraction of sp³-hybridized carbons (Fsp3) is 0.184. The van der Waals surface area contributed by atoms with Crippen LogP contribution in [0.15, 0.2) is 146 Å². The molecule has 0 aromatic heterocycles. The van der Waals surface area contributed by atoms with E-state index in [9.17, 15) is 4.79 Å². The maximum Gasteiger partial charge on any atom is 0.318 e. The maximum atomic E-state index is 13.6. The van der Waals surface area contributed by atoms with Crippen molar-refractivity contribution in [2.45, 2.75) is 18.7 Å². The SMILES string of the molecule is O=C(NC(c1ccccc1)c1ccccc1)N1CCN(C(c2ccccc2)c2ccc(OCc3ccccc3)cc2)CC1. The van der Waals surface area contributed by atoms with Crippen LogP contribution in [0.3, 0.4) is 0 Å². The van der Waals surface area contributed by atoms with Gasteiger partial charge in [0, 0.05) is 26.2 Å². The zero-order chi connectivity index (χ0) is 29.3. The number of hydrogen-bond acceptors (Lipinski definition) is 3. The monoisotopic (exact) mass is 567 g/mol. The Morgan fingerprint density at radius 2 is 1.05 bits per heavy atom. The zero-order valence-electron chi connectivity index (χ0n) is 24.3. The van der Waals surface area contributed by atoms with Gasteiger partial charge < -0.3 is 15.0 Å². The highest BCUT2D eigenvalue weighted by molar-refractivity contribution is 5.75. The molecule has 6 rings (SSSR count). The molecular formula is C38H37N3O2. The second kappa shape index (κ2) is 13.9. The molecule has 0 saturated carbocycles. The molecule has 43 heavy (non-hydrogen) atoms. The fourth-order valence-corrected chi connectivity index (χ4v) is 5.78. The smallest absolute Gasteiger partial charge is 0.318 e. The molecule has 1 heterocycles. The first kappa shape index (κ1) is 28.3. The van der Waals surface area contributed by atoms with Crippen molar-refractivity contribution in [2.24, 2.45) is 0 Å². The van der Waals surface area contributed by atoms with Gasteiger partial charge in [-0.25, -0.2) is 4.79 Å². The molecule has 0 spiro atoms. The predicted molar refractivity (Wildman–Crippen MR) is 172 cm³/mol. The van der Waals surface area contributed by atoms with Crippen LogP contribution in [0.25, 0.3) is 0 Å². The minimum atomic E-state index is -0.201. The number of nitrogens with one attached hydrogen (secondary N) is 1. The Morgan fingerprint density at radius 1 is 0.581 bits per heavy atom. The molecule has 5 nitrogen and oxygen atoms in total. The Hall–Kier alpha value is -4.87. The van der Waals surface area contributed by atoms with Gasteiger partial charge >= 0.3 is 6.03 Å². The van der Waals surface area contributed by atoms with E-state index in [-0.39, 0.29) is 18.1 Å². The third kappa shape index (κ3) is 7.14. The summed E-state index contributed by atoms with van der Waals surface area (Å²) >= 11 is 0. The molecule has 0 aliphatic carbocycles. The number of ether oxygens (including phenoxy) is 1.